The fourth-order valence-electron chi connectivity index (χ4n) is 3.67. The van der Waals surface area contributed by atoms with E-state index in [1.54, 1.807) is 0 Å². The van der Waals surface area contributed by atoms with Gasteiger partial charge in [-0.15, -0.1) is 0 Å². The first-order valence-corrected chi connectivity index (χ1v) is 16.0. The van der Waals surface area contributed by atoms with Crippen molar-refractivity contribution in [1.29, 1.82) is 0 Å². The van der Waals surface area contributed by atoms with Crippen molar-refractivity contribution >= 4 is 16.6 Å². The molecule has 6 heteroatoms. The highest BCUT2D eigenvalue weighted by Crippen LogP contribution is 2.49. The summed E-state index contributed by atoms with van der Waals surface area (Å²) < 4.78 is 19.2. The second kappa shape index (κ2) is 7.27. The Bertz CT molecular complexity index is 493. The fourth-order valence-corrected chi connectivity index (χ4v) is 6.41. The highest BCUT2D eigenvalue weighted by Gasteiger charge is 2.54. The highest BCUT2D eigenvalue weighted by molar-refractivity contribution is 6.74. The number of aliphatic hydroxyl groups is 1. The maximum Gasteiger partial charge on any atom is 0.192 e. The Morgan fingerprint density at radius 3 is 1.77 bits per heavy atom. The van der Waals surface area contributed by atoms with Gasteiger partial charge in [0.1, 0.15) is 0 Å². The van der Waals surface area contributed by atoms with Gasteiger partial charge in [0.2, 0.25) is 0 Å². The molecule has 2 rings (SSSR count). The lowest BCUT2D eigenvalue weighted by molar-refractivity contribution is -0.191. The molecule has 4 nitrogen and oxygen atoms in total. The van der Waals surface area contributed by atoms with E-state index in [4.69, 9.17) is 13.6 Å². The minimum atomic E-state index is -1.91. The standard InChI is InChI=1S/C20H42O4Si2/c1-19(2,3)25(7,8)23-15-13-16(24-26(9,10)20(4,5)6)17-14(15)11-12-22-18(17)21/h14-18,21H,11-13H2,1-10H3/t14-,15+,16-,17-,18?/m1/s1. The van der Waals surface area contributed by atoms with Gasteiger partial charge in [0.15, 0.2) is 22.9 Å². The number of hydrogen-bond acceptors (Lipinski definition) is 4. The smallest absolute Gasteiger partial charge is 0.192 e. The molecule has 1 N–H and O–H groups in total. The van der Waals surface area contributed by atoms with Crippen LogP contribution in [0.3, 0.4) is 0 Å². The molecule has 0 spiro atoms. The summed E-state index contributed by atoms with van der Waals surface area (Å²) in [4.78, 5) is 0. The van der Waals surface area contributed by atoms with Crippen LogP contribution < -0.4 is 0 Å². The van der Waals surface area contributed by atoms with Crippen molar-refractivity contribution in [3.05, 3.63) is 0 Å². The molecular weight excluding hydrogens is 360 g/mol. The number of rotatable bonds is 4. The summed E-state index contributed by atoms with van der Waals surface area (Å²) in [5.74, 6) is 0.371. The van der Waals surface area contributed by atoms with E-state index >= 15 is 0 Å². The second-order valence-corrected chi connectivity index (χ2v) is 20.9. The molecular formula is C20H42O4Si2. The Labute approximate surface area is 163 Å². The number of hydrogen-bond donors (Lipinski definition) is 1. The van der Waals surface area contributed by atoms with Crippen molar-refractivity contribution in [2.45, 2.75) is 109 Å². The predicted molar refractivity (Wildman–Crippen MR) is 112 cm³/mol. The maximum absolute atomic E-state index is 10.6. The first-order chi connectivity index (χ1) is 11.6. The molecule has 2 aliphatic rings. The predicted octanol–water partition coefficient (Wildman–Crippen LogP) is 5.14. The molecule has 2 fully saturated rings. The lowest BCUT2D eigenvalue weighted by Crippen LogP contribution is -2.48. The van der Waals surface area contributed by atoms with Crippen LogP contribution >= 0.6 is 0 Å². The van der Waals surface area contributed by atoms with Crippen LogP contribution in [0.5, 0.6) is 0 Å². The van der Waals surface area contributed by atoms with Gasteiger partial charge in [0, 0.05) is 5.92 Å². The van der Waals surface area contributed by atoms with Crippen LogP contribution in [0.25, 0.3) is 0 Å². The Morgan fingerprint density at radius 1 is 0.846 bits per heavy atom. The Morgan fingerprint density at radius 2 is 1.31 bits per heavy atom. The molecule has 5 atom stereocenters. The van der Waals surface area contributed by atoms with Crippen LogP contribution in [0.15, 0.2) is 0 Å². The summed E-state index contributed by atoms with van der Waals surface area (Å²) in [6, 6.07) is 0. The monoisotopic (exact) mass is 402 g/mol. The topological polar surface area (TPSA) is 47.9 Å². The third-order valence-corrected chi connectivity index (χ3v) is 16.4. The molecule has 1 aliphatic carbocycles. The third kappa shape index (κ3) is 4.46. The quantitative estimate of drug-likeness (QED) is 0.661. The van der Waals surface area contributed by atoms with E-state index in [9.17, 15) is 5.11 Å². The normalized spacial score (nSPS) is 34.0. The highest BCUT2D eigenvalue weighted by atomic mass is 28.4. The molecule has 0 aromatic rings. The molecule has 154 valence electrons. The zero-order valence-electron chi connectivity index (χ0n) is 18.7. The molecule has 1 saturated heterocycles. The summed E-state index contributed by atoms with van der Waals surface area (Å²) in [5, 5.41) is 10.9. The SMILES string of the molecule is CC(C)(C)[Si](C)(C)O[C@H]1C[C@@H](O[Si](C)(C)C(C)(C)C)[C@@H]2C(O)OCC[C@@H]21. The van der Waals surface area contributed by atoms with E-state index in [-0.39, 0.29) is 28.2 Å². The van der Waals surface area contributed by atoms with Gasteiger partial charge in [0.05, 0.1) is 18.8 Å². The van der Waals surface area contributed by atoms with Gasteiger partial charge < -0.3 is 18.7 Å². The molecule has 26 heavy (non-hydrogen) atoms. The number of aliphatic hydroxyl groups excluding tert-OH is 1. The van der Waals surface area contributed by atoms with E-state index in [0.717, 1.165) is 12.8 Å². The van der Waals surface area contributed by atoms with Crippen molar-refractivity contribution in [3.63, 3.8) is 0 Å². The minimum Gasteiger partial charge on any atom is -0.414 e. The minimum absolute atomic E-state index is 0.0333. The first kappa shape index (κ1) is 22.6. The van der Waals surface area contributed by atoms with Crippen molar-refractivity contribution in [2.75, 3.05) is 6.61 Å². The largest absolute Gasteiger partial charge is 0.414 e. The summed E-state index contributed by atoms with van der Waals surface area (Å²) in [7, 11) is -3.77. The Balaban J connectivity index is 2.23. The molecule has 1 saturated carbocycles. The maximum atomic E-state index is 10.6. The summed E-state index contributed by atoms with van der Waals surface area (Å²) in [6.45, 7) is 23.5. The van der Waals surface area contributed by atoms with Gasteiger partial charge in [-0.05, 0) is 55.0 Å². The summed E-state index contributed by atoms with van der Waals surface area (Å²) >= 11 is 0. The fraction of sp³-hybridized carbons (Fsp3) is 1.00. The summed E-state index contributed by atoms with van der Waals surface area (Å²) in [5.41, 5.74) is 0. The van der Waals surface area contributed by atoms with Gasteiger partial charge in [-0.1, -0.05) is 41.5 Å². The van der Waals surface area contributed by atoms with Gasteiger partial charge >= 0.3 is 0 Å². The van der Waals surface area contributed by atoms with Crippen LogP contribution in [0.4, 0.5) is 0 Å². The van der Waals surface area contributed by atoms with E-state index in [2.05, 4.69) is 67.7 Å². The molecule has 1 unspecified atom stereocenters. The lowest BCUT2D eigenvalue weighted by Gasteiger charge is -2.42. The molecule has 0 aromatic heterocycles. The van der Waals surface area contributed by atoms with Crippen LogP contribution in [0, 0.1) is 11.8 Å². The average molecular weight is 403 g/mol. The summed E-state index contributed by atoms with van der Waals surface area (Å²) in [6.07, 6.45) is 1.32. The van der Waals surface area contributed by atoms with E-state index < -0.39 is 22.9 Å². The molecule has 0 bridgehead atoms. The van der Waals surface area contributed by atoms with Gasteiger partial charge in [-0.2, -0.15) is 0 Å². The van der Waals surface area contributed by atoms with Gasteiger partial charge in [-0.25, -0.2) is 0 Å². The second-order valence-electron chi connectivity index (χ2n) is 11.4. The van der Waals surface area contributed by atoms with Crippen LogP contribution in [-0.4, -0.2) is 46.8 Å². The lowest BCUT2D eigenvalue weighted by atomic mass is 9.88. The van der Waals surface area contributed by atoms with Crippen molar-refractivity contribution in [2.24, 2.45) is 11.8 Å². The molecule has 0 radical (unpaired) electrons. The third-order valence-electron chi connectivity index (χ3n) is 7.44. The average Bonchev–Trinajstić information content (AvgIpc) is 2.74. The molecule has 1 aliphatic heterocycles. The van der Waals surface area contributed by atoms with Crippen LogP contribution in [-0.2, 0) is 13.6 Å². The Kier molecular flexibility index (Phi) is 6.30. The zero-order chi connectivity index (χ0) is 20.1. The van der Waals surface area contributed by atoms with Gasteiger partial charge in [-0.3, -0.25) is 0 Å². The number of fused-ring (bicyclic) bond motifs is 1. The molecule has 0 amide bonds. The van der Waals surface area contributed by atoms with E-state index in [1.165, 1.54) is 0 Å². The van der Waals surface area contributed by atoms with Gasteiger partial charge in [0.25, 0.3) is 0 Å². The number of ether oxygens (including phenoxy) is 1. The molecule has 0 aromatic carbocycles. The van der Waals surface area contributed by atoms with Crippen LogP contribution in [0.2, 0.25) is 36.3 Å². The van der Waals surface area contributed by atoms with E-state index in [1.807, 2.05) is 0 Å². The first-order valence-electron chi connectivity index (χ1n) is 10.2. The Hall–Kier alpha value is 0.274. The van der Waals surface area contributed by atoms with Crippen molar-refractivity contribution < 1.29 is 18.7 Å². The molecule has 1 heterocycles. The van der Waals surface area contributed by atoms with Crippen LogP contribution in [0.1, 0.15) is 54.4 Å². The van der Waals surface area contributed by atoms with Crippen molar-refractivity contribution in [3.8, 4) is 0 Å². The van der Waals surface area contributed by atoms with E-state index in [0.29, 0.717) is 12.5 Å². The van der Waals surface area contributed by atoms with Crippen molar-refractivity contribution in [1.82, 2.24) is 0 Å². The zero-order valence-corrected chi connectivity index (χ0v) is 20.7.